The van der Waals surface area contributed by atoms with Crippen LogP contribution in [0.2, 0.25) is 0 Å². The first kappa shape index (κ1) is 13.4. The third-order valence-corrected chi connectivity index (χ3v) is 4.55. The highest BCUT2D eigenvalue weighted by atomic mass is 15.4. The summed E-state index contributed by atoms with van der Waals surface area (Å²) in [6, 6.07) is 0.636. The van der Waals surface area contributed by atoms with Gasteiger partial charge in [0.1, 0.15) is 0 Å². The van der Waals surface area contributed by atoms with Crippen LogP contribution >= 0.6 is 0 Å². The summed E-state index contributed by atoms with van der Waals surface area (Å²) in [7, 11) is 1.86. The van der Waals surface area contributed by atoms with Gasteiger partial charge in [-0.2, -0.15) is 15.0 Å². The van der Waals surface area contributed by atoms with Crippen LogP contribution in [0.1, 0.15) is 33.1 Å². The standard InChI is InChI=1S/C14H24N6/c1-4-19(5-2)13-16-12(15-3)17-14(18-13)20-9-10-6-7-11(20)8-10/h10-11H,4-9H2,1-3H3,(H,15,16,17,18). The summed E-state index contributed by atoms with van der Waals surface area (Å²) >= 11 is 0. The van der Waals surface area contributed by atoms with Crippen molar-refractivity contribution in [1.82, 2.24) is 15.0 Å². The Hall–Kier alpha value is -1.59. The summed E-state index contributed by atoms with van der Waals surface area (Å²) in [4.78, 5) is 18.3. The molecule has 1 aliphatic carbocycles. The number of fused-ring (bicyclic) bond motifs is 2. The number of rotatable bonds is 5. The number of anilines is 3. The van der Waals surface area contributed by atoms with Crippen LogP contribution in [0.15, 0.2) is 0 Å². The van der Waals surface area contributed by atoms with Gasteiger partial charge >= 0.3 is 0 Å². The Morgan fingerprint density at radius 3 is 2.55 bits per heavy atom. The normalized spacial score (nSPS) is 24.2. The first-order valence-corrected chi connectivity index (χ1v) is 7.70. The van der Waals surface area contributed by atoms with Crippen LogP contribution in [-0.2, 0) is 0 Å². The summed E-state index contributed by atoms with van der Waals surface area (Å²) in [6.07, 6.45) is 3.96. The molecule has 1 aliphatic heterocycles. The topological polar surface area (TPSA) is 57.2 Å². The fourth-order valence-corrected chi connectivity index (χ4v) is 3.41. The summed E-state index contributed by atoms with van der Waals surface area (Å²) in [5.74, 6) is 3.14. The Kier molecular flexibility index (Phi) is 3.63. The van der Waals surface area contributed by atoms with E-state index in [4.69, 9.17) is 4.98 Å². The van der Waals surface area contributed by atoms with E-state index in [1.807, 2.05) is 7.05 Å². The van der Waals surface area contributed by atoms with Crippen LogP contribution in [0.3, 0.4) is 0 Å². The average Bonchev–Trinajstić information content (AvgIpc) is 3.11. The largest absolute Gasteiger partial charge is 0.357 e. The predicted molar refractivity (Wildman–Crippen MR) is 81.4 cm³/mol. The molecule has 2 bridgehead atoms. The first-order chi connectivity index (χ1) is 9.75. The van der Waals surface area contributed by atoms with Crippen LogP contribution in [0.4, 0.5) is 17.8 Å². The third-order valence-electron chi connectivity index (χ3n) is 4.55. The molecule has 0 aromatic carbocycles. The van der Waals surface area contributed by atoms with Crippen LogP contribution in [-0.4, -0.2) is 47.7 Å². The van der Waals surface area contributed by atoms with E-state index in [2.05, 4.69) is 38.9 Å². The van der Waals surface area contributed by atoms with Gasteiger partial charge in [-0.25, -0.2) is 0 Å². The fourth-order valence-electron chi connectivity index (χ4n) is 3.41. The lowest BCUT2D eigenvalue weighted by Crippen LogP contribution is -2.34. The summed E-state index contributed by atoms with van der Waals surface area (Å²) in [5.41, 5.74) is 0. The maximum Gasteiger partial charge on any atom is 0.232 e. The van der Waals surface area contributed by atoms with Crippen LogP contribution in [0.25, 0.3) is 0 Å². The zero-order valence-corrected chi connectivity index (χ0v) is 12.6. The summed E-state index contributed by atoms with van der Waals surface area (Å²) < 4.78 is 0. The van der Waals surface area contributed by atoms with Crippen molar-refractivity contribution in [1.29, 1.82) is 0 Å². The minimum atomic E-state index is 0.636. The molecule has 0 spiro atoms. The lowest BCUT2D eigenvalue weighted by molar-refractivity contribution is 0.546. The number of hydrogen-bond donors (Lipinski definition) is 1. The van der Waals surface area contributed by atoms with Crippen LogP contribution < -0.4 is 15.1 Å². The van der Waals surface area contributed by atoms with Crippen molar-refractivity contribution in [2.45, 2.75) is 39.2 Å². The Morgan fingerprint density at radius 2 is 2.00 bits per heavy atom. The highest BCUT2D eigenvalue weighted by molar-refractivity contribution is 5.46. The molecule has 2 unspecified atom stereocenters. The van der Waals surface area contributed by atoms with Gasteiger partial charge < -0.3 is 15.1 Å². The fraction of sp³-hybridized carbons (Fsp3) is 0.786. The van der Waals surface area contributed by atoms with E-state index >= 15 is 0 Å². The second-order valence-electron chi connectivity index (χ2n) is 5.67. The van der Waals surface area contributed by atoms with Gasteiger partial charge in [-0.05, 0) is 39.0 Å². The van der Waals surface area contributed by atoms with Crippen molar-refractivity contribution in [2.24, 2.45) is 5.92 Å². The van der Waals surface area contributed by atoms with E-state index in [-0.39, 0.29) is 0 Å². The van der Waals surface area contributed by atoms with Crippen molar-refractivity contribution in [3.63, 3.8) is 0 Å². The Morgan fingerprint density at radius 1 is 1.20 bits per heavy atom. The molecule has 20 heavy (non-hydrogen) atoms. The molecule has 2 aliphatic rings. The molecule has 3 rings (SSSR count). The number of aromatic nitrogens is 3. The van der Waals surface area contributed by atoms with Gasteiger partial charge in [0.25, 0.3) is 0 Å². The van der Waals surface area contributed by atoms with Crippen molar-refractivity contribution in [3.8, 4) is 0 Å². The monoisotopic (exact) mass is 276 g/mol. The maximum atomic E-state index is 4.71. The third kappa shape index (κ3) is 2.27. The van der Waals surface area contributed by atoms with Crippen LogP contribution in [0.5, 0.6) is 0 Å². The Balaban J connectivity index is 1.92. The van der Waals surface area contributed by atoms with Gasteiger partial charge in [0.2, 0.25) is 17.8 Å². The van der Waals surface area contributed by atoms with Gasteiger partial charge in [-0.15, -0.1) is 0 Å². The van der Waals surface area contributed by atoms with Gasteiger partial charge in [-0.1, -0.05) is 0 Å². The van der Waals surface area contributed by atoms with E-state index in [0.717, 1.165) is 37.4 Å². The molecule has 2 atom stereocenters. The van der Waals surface area contributed by atoms with E-state index in [0.29, 0.717) is 12.0 Å². The lowest BCUT2D eigenvalue weighted by atomic mass is 10.1. The van der Waals surface area contributed by atoms with Crippen LogP contribution in [0, 0.1) is 5.92 Å². The van der Waals surface area contributed by atoms with E-state index < -0.39 is 0 Å². The van der Waals surface area contributed by atoms with Crippen molar-refractivity contribution >= 4 is 17.8 Å². The van der Waals surface area contributed by atoms with Crippen molar-refractivity contribution < 1.29 is 0 Å². The zero-order valence-electron chi connectivity index (χ0n) is 12.6. The molecule has 6 heteroatoms. The minimum absolute atomic E-state index is 0.636. The van der Waals surface area contributed by atoms with E-state index in [9.17, 15) is 0 Å². The summed E-state index contributed by atoms with van der Waals surface area (Å²) in [6.45, 7) is 7.19. The van der Waals surface area contributed by atoms with Crippen molar-refractivity contribution in [2.75, 3.05) is 41.8 Å². The molecule has 110 valence electrons. The molecule has 1 saturated carbocycles. The predicted octanol–water partition coefficient (Wildman–Crippen LogP) is 1.75. The maximum absolute atomic E-state index is 4.71. The minimum Gasteiger partial charge on any atom is -0.357 e. The second kappa shape index (κ2) is 5.42. The Labute approximate surface area is 120 Å². The molecular formula is C14H24N6. The highest BCUT2D eigenvalue weighted by Gasteiger charge is 2.39. The first-order valence-electron chi connectivity index (χ1n) is 7.70. The smallest absolute Gasteiger partial charge is 0.232 e. The summed E-state index contributed by atoms with van der Waals surface area (Å²) in [5, 5.41) is 3.06. The molecule has 1 N–H and O–H groups in total. The molecule has 2 heterocycles. The van der Waals surface area contributed by atoms with E-state index in [1.165, 1.54) is 19.3 Å². The van der Waals surface area contributed by atoms with E-state index in [1.54, 1.807) is 0 Å². The second-order valence-corrected chi connectivity index (χ2v) is 5.67. The number of nitrogens with one attached hydrogen (secondary N) is 1. The molecule has 6 nitrogen and oxygen atoms in total. The van der Waals surface area contributed by atoms with Gasteiger partial charge in [0.05, 0.1) is 0 Å². The number of hydrogen-bond acceptors (Lipinski definition) is 6. The Bertz CT molecular complexity index is 473. The number of piperidine rings is 1. The molecule has 0 radical (unpaired) electrons. The van der Waals surface area contributed by atoms with Gasteiger partial charge in [-0.3, -0.25) is 0 Å². The highest BCUT2D eigenvalue weighted by Crippen LogP contribution is 2.39. The lowest BCUT2D eigenvalue weighted by Gasteiger charge is -2.28. The number of nitrogens with zero attached hydrogens (tertiary/aromatic N) is 5. The SMILES string of the molecule is CCN(CC)c1nc(NC)nc(N2CC3CCC2C3)n1. The molecule has 0 amide bonds. The zero-order chi connectivity index (χ0) is 14.1. The van der Waals surface area contributed by atoms with Gasteiger partial charge in [0.15, 0.2) is 0 Å². The van der Waals surface area contributed by atoms with Gasteiger partial charge in [0, 0.05) is 32.7 Å². The molecule has 1 aromatic rings. The molecule has 1 saturated heterocycles. The molecule has 2 fully saturated rings. The average molecular weight is 276 g/mol. The van der Waals surface area contributed by atoms with Crippen molar-refractivity contribution in [3.05, 3.63) is 0 Å². The molecule has 1 aromatic heterocycles. The quantitative estimate of drug-likeness (QED) is 0.884. The molecular weight excluding hydrogens is 252 g/mol.